The van der Waals surface area contributed by atoms with Crippen LogP contribution in [-0.4, -0.2) is 10.1 Å². The highest BCUT2D eigenvalue weighted by molar-refractivity contribution is 9.10. The third-order valence-electron chi connectivity index (χ3n) is 3.25. The van der Waals surface area contributed by atoms with E-state index in [9.17, 15) is 5.11 Å². The van der Waals surface area contributed by atoms with Crippen molar-refractivity contribution in [2.75, 3.05) is 0 Å². The van der Waals surface area contributed by atoms with Crippen LogP contribution in [-0.2, 0) is 0 Å². The third-order valence-corrected chi connectivity index (χ3v) is 3.93. The molecule has 21 heavy (non-hydrogen) atoms. The number of halogens is 1. The first-order valence-corrected chi connectivity index (χ1v) is 7.43. The lowest BCUT2D eigenvalue weighted by Crippen LogP contribution is -1.93. The molecule has 3 nitrogen and oxygen atoms in total. The number of aliphatic hydroxyl groups is 1. The Morgan fingerprint density at radius 3 is 2.71 bits per heavy atom. The number of aromatic nitrogens is 1. The first kappa shape index (κ1) is 14.0. The van der Waals surface area contributed by atoms with Crippen LogP contribution in [0.25, 0.3) is 10.9 Å². The number of ether oxygens (including phenoxy) is 1. The predicted octanol–water partition coefficient (Wildman–Crippen LogP) is 4.84. The van der Waals surface area contributed by atoms with E-state index in [2.05, 4.69) is 20.9 Å². The Bertz CT molecular complexity index is 781. The van der Waals surface area contributed by atoms with E-state index in [1.807, 2.05) is 48.5 Å². The fourth-order valence-corrected chi connectivity index (χ4v) is 2.88. The lowest BCUT2D eigenvalue weighted by molar-refractivity contribution is 0.198. The minimum Gasteiger partial charge on any atom is -0.455 e. The number of benzene rings is 2. The van der Waals surface area contributed by atoms with Gasteiger partial charge in [-0.05, 0) is 36.8 Å². The average molecular weight is 344 g/mol. The second kappa shape index (κ2) is 5.84. The van der Waals surface area contributed by atoms with Gasteiger partial charge in [0.2, 0.25) is 0 Å². The molecule has 1 atom stereocenters. The lowest BCUT2D eigenvalue weighted by Gasteiger charge is -2.11. The monoisotopic (exact) mass is 343 g/mol. The van der Waals surface area contributed by atoms with Gasteiger partial charge < -0.3 is 9.84 Å². The molecule has 0 radical (unpaired) electrons. The molecule has 106 valence electrons. The molecule has 0 fully saturated rings. The first-order valence-electron chi connectivity index (χ1n) is 6.64. The summed E-state index contributed by atoms with van der Waals surface area (Å²) in [4.78, 5) is 4.37. The molecule has 0 aliphatic heterocycles. The van der Waals surface area contributed by atoms with Gasteiger partial charge >= 0.3 is 0 Å². The molecule has 3 aromatic rings. The van der Waals surface area contributed by atoms with Crippen molar-refractivity contribution in [1.82, 2.24) is 4.98 Å². The molecule has 4 heteroatoms. The number of hydrogen-bond donors (Lipinski definition) is 1. The number of aliphatic hydroxyl groups excluding tert-OH is 1. The highest BCUT2D eigenvalue weighted by Gasteiger charge is 2.09. The molecule has 0 amide bonds. The normalized spacial score (nSPS) is 12.3. The summed E-state index contributed by atoms with van der Waals surface area (Å²) in [6, 6.07) is 15.3. The number of fused-ring (bicyclic) bond motifs is 1. The van der Waals surface area contributed by atoms with Crippen molar-refractivity contribution in [3.05, 3.63) is 64.8 Å². The molecule has 0 saturated carbocycles. The molecule has 1 aromatic heterocycles. The number of pyridine rings is 1. The van der Waals surface area contributed by atoms with Gasteiger partial charge in [0.05, 0.1) is 6.10 Å². The summed E-state index contributed by atoms with van der Waals surface area (Å²) in [5.74, 6) is 1.41. The third kappa shape index (κ3) is 2.91. The summed E-state index contributed by atoms with van der Waals surface area (Å²) >= 11 is 3.46. The topological polar surface area (TPSA) is 42.4 Å². The maximum absolute atomic E-state index is 9.65. The van der Waals surface area contributed by atoms with Crippen LogP contribution in [0, 0.1) is 0 Å². The molecule has 1 heterocycles. The molecule has 0 saturated heterocycles. The Morgan fingerprint density at radius 1 is 1.14 bits per heavy atom. The minimum atomic E-state index is -0.521. The van der Waals surface area contributed by atoms with Crippen molar-refractivity contribution in [1.29, 1.82) is 0 Å². The van der Waals surface area contributed by atoms with Crippen LogP contribution in [0.5, 0.6) is 11.5 Å². The van der Waals surface area contributed by atoms with E-state index in [0.29, 0.717) is 11.5 Å². The summed E-state index contributed by atoms with van der Waals surface area (Å²) < 4.78 is 6.76. The van der Waals surface area contributed by atoms with Crippen LogP contribution in [0.3, 0.4) is 0 Å². The van der Waals surface area contributed by atoms with Gasteiger partial charge in [-0.3, -0.25) is 4.98 Å². The average Bonchev–Trinajstić information content (AvgIpc) is 2.47. The van der Waals surface area contributed by atoms with E-state index in [0.717, 1.165) is 20.9 Å². The van der Waals surface area contributed by atoms with Gasteiger partial charge in [0.15, 0.2) is 5.75 Å². The van der Waals surface area contributed by atoms with Crippen molar-refractivity contribution in [2.45, 2.75) is 13.0 Å². The number of para-hydroxylation sites is 1. The Labute approximate surface area is 131 Å². The maximum atomic E-state index is 9.65. The zero-order valence-corrected chi connectivity index (χ0v) is 13.0. The van der Waals surface area contributed by atoms with Gasteiger partial charge in [0.1, 0.15) is 11.3 Å². The standard InChI is InChI=1S/C17H14BrNO2/c1-11(20)14-8-7-13(10-15(14)18)21-16-6-2-4-12-5-3-9-19-17(12)16/h2-11,20H,1H3. The Morgan fingerprint density at radius 2 is 1.95 bits per heavy atom. The van der Waals surface area contributed by atoms with Crippen LogP contribution in [0.4, 0.5) is 0 Å². The maximum Gasteiger partial charge on any atom is 0.153 e. The molecular weight excluding hydrogens is 330 g/mol. The number of rotatable bonds is 3. The largest absolute Gasteiger partial charge is 0.455 e. The summed E-state index contributed by atoms with van der Waals surface area (Å²) in [6.45, 7) is 1.73. The Hall–Kier alpha value is -1.91. The molecule has 0 bridgehead atoms. The van der Waals surface area contributed by atoms with Crippen LogP contribution >= 0.6 is 15.9 Å². The zero-order valence-electron chi connectivity index (χ0n) is 11.5. The Balaban J connectivity index is 1.97. The number of nitrogens with zero attached hydrogens (tertiary/aromatic N) is 1. The van der Waals surface area contributed by atoms with Crippen molar-refractivity contribution in [3.8, 4) is 11.5 Å². The van der Waals surface area contributed by atoms with E-state index < -0.39 is 6.10 Å². The highest BCUT2D eigenvalue weighted by Crippen LogP contribution is 2.32. The summed E-state index contributed by atoms with van der Waals surface area (Å²) in [5.41, 5.74) is 1.66. The van der Waals surface area contributed by atoms with Gasteiger partial charge in [0.25, 0.3) is 0 Å². The van der Waals surface area contributed by atoms with Crippen molar-refractivity contribution in [3.63, 3.8) is 0 Å². The zero-order chi connectivity index (χ0) is 14.8. The van der Waals surface area contributed by atoms with Gasteiger partial charge in [-0.1, -0.05) is 40.2 Å². The summed E-state index contributed by atoms with van der Waals surface area (Å²) in [6.07, 6.45) is 1.23. The van der Waals surface area contributed by atoms with E-state index in [4.69, 9.17) is 4.74 Å². The fourth-order valence-electron chi connectivity index (χ4n) is 2.20. The second-order valence-electron chi connectivity index (χ2n) is 4.79. The fraction of sp³-hybridized carbons (Fsp3) is 0.118. The molecular formula is C17H14BrNO2. The molecule has 1 unspecified atom stereocenters. The van der Waals surface area contributed by atoms with Crippen LogP contribution in [0.2, 0.25) is 0 Å². The predicted molar refractivity (Wildman–Crippen MR) is 86.6 cm³/mol. The molecule has 3 rings (SSSR count). The smallest absolute Gasteiger partial charge is 0.153 e. The van der Waals surface area contributed by atoms with Crippen molar-refractivity contribution < 1.29 is 9.84 Å². The van der Waals surface area contributed by atoms with Gasteiger partial charge in [-0.25, -0.2) is 0 Å². The second-order valence-corrected chi connectivity index (χ2v) is 5.65. The van der Waals surface area contributed by atoms with Crippen molar-refractivity contribution >= 4 is 26.8 Å². The first-order chi connectivity index (χ1) is 10.1. The van der Waals surface area contributed by atoms with Gasteiger partial charge in [0, 0.05) is 16.1 Å². The van der Waals surface area contributed by atoms with Gasteiger partial charge in [-0.2, -0.15) is 0 Å². The van der Waals surface area contributed by atoms with E-state index in [1.165, 1.54) is 0 Å². The van der Waals surface area contributed by atoms with E-state index in [1.54, 1.807) is 13.1 Å². The summed E-state index contributed by atoms with van der Waals surface area (Å²) in [7, 11) is 0. The van der Waals surface area contributed by atoms with E-state index in [-0.39, 0.29) is 0 Å². The highest BCUT2D eigenvalue weighted by atomic mass is 79.9. The Kier molecular flexibility index (Phi) is 3.90. The molecule has 2 aromatic carbocycles. The van der Waals surface area contributed by atoms with Gasteiger partial charge in [-0.15, -0.1) is 0 Å². The quantitative estimate of drug-likeness (QED) is 0.739. The van der Waals surface area contributed by atoms with Crippen LogP contribution < -0.4 is 4.74 Å². The number of hydrogen-bond acceptors (Lipinski definition) is 3. The minimum absolute atomic E-state index is 0.521. The van der Waals surface area contributed by atoms with Crippen LogP contribution in [0.15, 0.2) is 59.2 Å². The van der Waals surface area contributed by atoms with Crippen LogP contribution in [0.1, 0.15) is 18.6 Å². The summed E-state index contributed by atoms with van der Waals surface area (Å²) in [5, 5.41) is 10.7. The van der Waals surface area contributed by atoms with E-state index >= 15 is 0 Å². The van der Waals surface area contributed by atoms with Crippen molar-refractivity contribution in [2.24, 2.45) is 0 Å². The lowest BCUT2D eigenvalue weighted by atomic mass is 10.1. The molecule has 1 N–H and O–H groups in total. The SMILES string of the molecule is CC(O)c1ccc(Oc2cccc3cccnc23)cc1Br. The molecule has 0 spiro atoms. The molecule has 0 aliphatic carbocycles. The molecule has 0 aliphatic rings.